The van der Waals surface area contributed by atoms with Gasteiger partial charge in [0.25, 0.3) is 11.5 Å². The second-order valence-electron chi connectivity index (χ2n) is 7.05. The van der Waals surface area contributed by atoms with Crippen LogP contribution in [0.2, 0.25) is 0 Å². The lowest BCUT2D eigenvalue weighted by molar-refractivity contribution is -0.137. The van der Waals surface area contributed by atoms with Crippen LogP contribution in [0.3, 0.4) is 0 Å². The zero-order valence-electron chi connectivity index (χ0n) is 16.9. The SMILES string of the molecule is O=C(NCc1ccc(C[SH](=O)=O)cc1)c1ccc(CCl)n(-c2cccc(C(F)(F)F)c2)c1=O. The second kappa shape index (κ2) is 10.2. The number of carbonyl (C=O) groups excluding carboxylic acids is 1. The number of hydrogen-bond acceptors (Lipinski definition) is 4. The van der Waals surface area contributed by atoms with Gasteiger partial charge >= 0.3 is 6.18 Å². The van der Waals surface area contributed by atoms with Crippen LogP contribution in [0.1, 0.15) is 32.7 Å². The standard InChI is InChI=1S/C22H18ClF3N2O4S/c23-11-18-8-9-19(20(29)27-12-14-4-6-15(7-5-14)13-33(31)32)21(30)28(18)17-3-1-2-16(10-17)22(24,25)26/h1-10,33H,11-13H2,(H,27,29). The van der Waals surface area contributed by atoms with E-state index in [0.717, 1.165) is 16.7 Å². The van der Waals surface area contributed by atoms with Gasteiger partial charge in [0.1, 0.15) is 16.3 Å². The molecule has 0 saturated heterocycles. The average Bonchev–Trinajstić information content (AvgIpc) is 2.77. The summed E-state index contributed by atoms with van der Waals surface area (Å²) in [6.45, 7) is 0.0584. The summed E-state index contributed by atoms with van der Waals surface area (Å²) < 4.78 is 61.9. The van der Waals surface area contributed by atoms with E-state index in [-0.39, 0.29) is 35.1 Å². The maximum Gasteiger partial charge on any atom is 0.416 e. The predicted octanol–water partition coefficient (Wildman–Crippen LogP) is 3.64. The molecule has 3 aromatic rings. The Morgan fingerprint density at radius 2 is 1.67 bits per heavy atom. The molecule has 1 N–H and O–H groups in total. The number of hydrogen-bond donors (Lipinski definition) is 2. The number of alkyl halides is 4. The maximum atomic E-state index is 13.1. The van der Waals surface area contributed by atoms with E-state index in [1.165, 1.54) is 24.3 Å². The lowest BCUT2D eigenvalue weighted by Crippen LogP contribution is -2.33. The summed E-state index contributed by atoms with van der Waals surface area (Å²) in [7, 11) is -2.55. The van der Waals surface area contributed by atoms with E-state index in [0.29, 0.717) is 11.1 Å². The summed E-state index contributed by atoms with van der Waals surface area (Å²) in [5, 5.41) is 2.58. The molecule has 3 rings (SSSR count). The van der Waals surface area contributed by atoms with Crippen molar-refractivity contribution in [2.75, 3.05) is 0 Å². The van der Waals surface area contributed by atoms with Gasteiger partial charge in [-0.15, -0.1) is 11.6 Å². The van der Waals surface area contributed by atoms with Crippen LogP contribution in [0.5, 0.6) is 0 Å². The third kappa shape index (κ3) is 6.02. The Balaban J connectivity index is 1.87. The summed E-state index contributed by atoms with van der Waals surface area (Å²) >= 11 is 5.88. The number of rotatable bonds is 7. The van der Waals surface area contributed by atoms with E-state index in [4.69, 9.17) is 11.6 Å². The third-order valence-electron chi connectivity index (χ3n) is 4.76. The van der Waals surface area contributed by atoms with Crippen LogP contribution < -0.4 is 10.9 Å². The largest absolute Gasteiger partial charge is 0.416 e. The number of halogens is 4. The van der Waals surface area contributed by atoms with Crippen molar-refractivity contribution in [3.05, 3.63) is 99.0 Å². The third-order valence-corrected chi connectivity index (χ3v) is 5.66. The van der Waals surface area contributed by atoms with Crippen molar-refractivity contribution in [3.8, 4) is 5.69 Å². The molecular formula is C22H18ClF3N2O4S. The maximum absolute atomic E-state index is 13.1. The zero-order chi connectivity index (χ0) is 24.2. The Morgan fingerprint density at radius 3 is 2.27 bits per heavy atom. The first kappa shape index (κ1) is 24.5. The van der Waals surface area contributed by atoms with E-state index in [2.05, 4.69) is 5.32 Å². The van der Waals surface area contributed by atoms with Gasteiger partial charge in [-0.1, -0.05) is 30.3 Å². The molecule has 11 heteroatoms. The van der Waals surface area contributed by atoms with Crippen molar-refractivity contribution in [1.29, 1.82) is 0 Å². The van der Waals surface area contributed by atoms with Crippen molar-refractivity contribution in [3.63, 3.8) is 0 Å². The van der Waals surface area contributed by atoms with Crippen molar-refractivity contribution in [1.82, 2.24) is 9.88 Å². The Bertz CT molecular complexity index is 1290. The first-order chi connectivity index (χ1) is 15.6. The number of pyridine rings is 1. The number of benzene rings is 2. The number of nitrogens with zero attached hydrogens (tertiary/aromatic N) is 1. The average molecular weight is 499 g/mol. The van der Waals surface area contributed by atoms with Gasteiger partial charge in [-0.2, -0.15) is 13.2 Å². The Kier molecular flexibility index (Phi) is 7.60. The number of aromatic nitrogens is 1. The van der Waals surface area contributed by atoms with E-state index in [9.17, 15) is 31.2 Å². The smallest absolute Gasteiger partial charge is 0.348 e. The Hall–Kier alpha value is -3.11. The highest BCUT2D eigenvalue weighted by atomic mass is 35.5. The fraction of sp³-hybridized carbons (Fsp3) is 0.182. The summed E-state index contributed by atoms with van der Waals surface area (Å²) in [6.07, 6.45) is -4.60. The Morgan fingerprint density at radius 1 is 1.00 bits per heavy atom. The minimum Gasteiger partial charge on any atom is -0.348 e. The van der Waals surface area contributed by atoms with Gasteiger partial charge in [0.05, 0.1) is 17.2 Å². The van der Waals surface area contributed by atoms with Gasteiger partial charge in [0, 0.05) is 17.9 Å². The van der Waals surface area contributed by atoms with Crippen molar-refractivity contribution in [2.24, 2.45) is 0 Å². The molecule has 0 atom stereocenters. The molecule has 0 saturated carbocycles. The highest BCUT2D eigenvalue weighted by Gasteiger charge is 2.30. The highest BCUT2D eigenvalue weighted by molar-refractivity contribution is 7.71. The van der Waals surface area contributed by atoms with Gasteiger partial charge in [-0.05, 0) is 41.5 Å². The van der Waals surface area contributed by atoms with Gasteiger partial charge < -0.3 is 5.32 Å². The first-order valence-electron chi connectivity index (χ1n) is 9.56. The number of amides is 1. The van der Waals surface area contributed by atoms with Crippen molar-refractivity contribution in [2.45, 2.75) is 24.4 Å². The summed E-state index contributed by atoms with van der Waals surface area (Å²) in [4.78, 5) is 25.7. The van der Waals surface area contributed by atoms with Crippen molar-refractivity contribution >= 4 is 28.2 Å². The molecule has 0 aliphatic rings. The van der Waals surface area contributed by atoms with Crippen molar-refractivity contribution < 1.29 is 26.4 Å². The lowest BCUT2D eigenvalue weighted by Gasteiger charge is -2.15. The fourth-order valence-electron chi connectivity index (χ4n) is 3.15. The van der Waals surface area contributed by atoms with Crippen LogP contribution in [0.25, 0.3) is 5.69 Å². The molecule has 1 heterocycles. The highest BCUT2D eigenvalue weighted by Crippen LogP contribution is 2.30. The van der Waals surface area contributed by atoms with Gasteiger partial charge in [-0.3, -0.25) is 14.2 Å². The normalized spacial score (nSPS) is 11.5. The lowest BCUT2D eigenvalue weighted by atomic mass is 10.1. The molecule has 6 nitrogen and oxygen atoms in total. The van der Waals surface area contributed by atoms with Crippen LogP contribution >= 0.6 is 11.6 Å². The van der Waals surface area contributed by atoms with E-state index >= 15 is 0 Å². The zero-order valence-corrected chi connectivity index (χ0v) is 18.6. The van der Waals surface area contributed by atoms with Crippen LogP contribution in [-0.4, -0.2) is 18.9 Å². The molecular weight excluding hydrogens is 481 g/mol. The molecule has 1 amide bonds. The number of carbonyl (C=O) groups is 1. The molecule has 0 spiro atoms. The first-order valence-corrected chi connectivity index (χ1v) is 11.5. The molecule has 2 aromatic carbocycles. The topological polar surface area (TPSA) is 85.2 Å². The van der Waals surface area contributed by atoms with Crippen LogP contribution in [-0.2, 0) is 35.1 Å². The van der Waals surface area contributed by atoms with E-state index < -0.39 is 33.9 Å². The number of nitrogens with one attached hydrogen (secondary N) is 1. The molecule has 1 aromatic heterocycles. The molecule has 0 aliphatic heterocycles. The summed E-state index contributed by atoms with van der Waals surface area (Å²) in [5.74, 6) is -0.966. The van der Waals surface area contributed by atoms with Crippen LogP contribution in [0.4, 0.5) is 13.2 Å². The molecule has 0 radical (unpaired) electrons. The quantitative estimate of drug-likeness (QED) is 0.385. The predicted molar refractivity (Wildman–Crippen MR) is 118 cm³/mol. The molecule has 0 fully saturated rings. The molecule has 174 valence electrons. The van der Waals surface area contributed by atoms with E-state index in [1.54, 1.807) is 24.3 Å². The van der Waals surface area contributed by atoms with Gasteiger partial charge in [0.2, 0.25) is 0 Å². The van der Waals surface area contributed by atoms with Gasteiger partial charge in [-0.25, -0.2) is 8.42 Å². The number of thiol groups is 1. The fourth-order valence-corrected chi connectivity index (χ4v) is 3.86. The minimum absolute atomic E-state index is 0.0584. The van der Waals surface area contributed by atoms with E-state index in [1.807, 2.05) is 0 Å². The summed E-state index contributed by atoms with van der Waals surface area (Å²) in [6, 6.07) is 13.4. The molecule has 0 unspecified atom stereocenters. The summed E-state index contributed by atoms with van der Waals surface area (Å²) in [5.41, 5.74) is -0.573. The van der Waals surface area contributed by atoms with Gasteiger partial charge in [0.15, 0.2) is 0 Å². The molecule has 33 heavy (non-hydrogen) atoms. The molecule has 0 bridgehead atoms. The monoisotopic (exact) mass is 498 g/mol. The molecule has 0 aliphatic carbocycles. The Labute approximate surface area is 193 Å². The van der Waals surface area contributed by atoms with Crippen LogP contribution in [0, 0.1) is 0 Å². The minimum atomic E-state index is -4.60. The van der Waals surface area contributed by atoms with Crippen LogP contribution in [0.15, 0.2) is 65.5 Å². The second-order valence-corrected chi connectivity index (χ2v) is 8.30.